The van der Waals surface area contributed by atoms with E-state index >= 15 is 0 Å². The van der Waals surface area contributed by atoms with Crippen molar-refractivity contribution in [3.05, 3.63) is 58.6 Å². The monoisotopic (exact) mass is 292 g/mol. The first-order chi connectivity index (χ1) is 9.63. The second-order valence-corrected chi connectivity index (χ2v) is 4.87. The fraction of sp³-hybridized carbons (Fsp3) is 0.250. The molecule has 2 aromatic carbocycles. The lowest BCUT2D eigenvalue weighted by Crippen LogP contribution is -2.02. The molecule has 2 rings (SSSR count). The van der Waals surface area contributed by atoms with Gasteiger partial charge in [-0.15, -0.1) is 0 Å². The van der Waals surface area contributed by atoms with Gasteiger partial charge in [0, 0.05) is 6.42 Å². The molecule has 0 amide bonds. The Morgan fingerprint density at radius 2 is 1.75 bits per heavy atom. The number of hydrogen-bond acceptors (Lipinski definition) is 3. The molecule has 0 aliphatic heterocycles. The minimum absolute atomic E-state index is 0.523. The zero-order valence-electron chi connectivity index (χ0n) is 11.5. The summed E-state index contributed by atoms with van der Waals surface area (Å²) in [4.78, 5) is 0. The first-order valence-electron chi connectivity index (χ1n) is 6.28. The van der Waals surface area contributed by atoms with E-state index in [4.69, 9.17) is 21.1 Å². The van der Waals surface area contributed by atoms with Crippen molar-refractivity contribution >= 4 is 11.6 Å². The molecule has 106 valence electrons. The van der Waals surface area contributed by atoms with Crippen LogP contribution in [0.3, 0.4) is 0 Å². The first-order valence-corrected chi connectivity index (χ1v) is 6.66. The van der Waals surface area contributed by atoms with Crippen LogP contribution in [0.25, 0.3) is 0 Å². The van der Waals surface area contributed by atoms with E-state index in [1.807, 2.05) is 24.3 Å². The van der Waals surface area contributed by atoms with Crippen LogP contribution in [0.15, 0.2) is 42.5 Å². The smallest absolute Gasteiger partial charge is 0.137 e. The molecule has 0 aliphatic carbocycles. The summed E-state index contributed by atoms with van der Waals surface area (Å²) in [5, 5.41) is 10.8. The Morgan fingerprint density at radius 3 is 2.35 bits per heavy atom. The van der Waals surface area contributed by atoms with Gasteiger partial charge in [0.1, 0.15) is 11.5 Å². The first kappa shape index (κ1) is 14.7. The Morgan fingerprint density at radius 1 is 1.05 bits per heavy atom. The molecule has 3 nitrogen and oxygen atoms in total. The van der Waals surface area contributed by atoms with Gasteiger partial charge in [-0.25, -0.2) is 0 Å². The average molecular weight is 293 g/mol. The lowest BCUT2D eigenvalue weighted by atomic mass is 10.0. The summed E-state index contributed by atoms with van der Waals surface area (Å²) in [6, 6.07) is 12.9. The van der Waals surface area contributed by atoms with Crippen LogP contribution in [0.1, 0.15) is 17.2 Å². The molecule has 0 radical (unpaired) electrons. The van der Waals surface area contributed by atoms with Gasteiger partial charge in [0.25, 0.3) is 0 Å². The third-order valence-electron chi connectivity index (χ3n) is 3.15. The highest BCUT2D eigenvalue weighted by Crippen LogP contribution is 2.29. The van der Waals surface area contributed by atoms with Crippen LogP contribution in [-0.2, 0) is 6.42 Å². The predicted octanol–water partition coefficient (Wildman–Crippen LogP) is 3.63. The molecule has 2 aromatic rings. The van der Waals surface area contributed by atoms with Crippen LogP contribution in [0.2, 0.25) is 5.02 Å². The second-order valence-electron chi connectivity index (χ2n) is 4.46. The molecule has 0 spiro atoms. The fourth-order valence-electron chi connectivity index (χ4n) is 1.99. The van der Waals surface area contributed by atoms with Gasteiger partial charge in [0.05, 0.1) is 25.3 Å². The molecule has 4 heteroatoms. The fourth-order valence-corrected chi connectivity index (χ4v) is 2.18. The van der Waals surface area contributed by atoms with E-state index in [1.54, 1.807) is 32.4 Å². The van der Waals surface area contributed by atoms with E-state index in [0.29, 0.717) is 17.2 Å². The third kappa shape index (κ3) is 3.44. The normalized spacial score (nSPS) is 12.0. The maximum Gasteiger partial charge on any atom is 0.137 e. The lowest BCUT2D eigenvalue weighted by molar-refractivity contribution is 0.178. The zero-order valence-corrected chi connectivity index (χ0v) is 12.2. The topological polar surface area (TPSA) is 38.7 Å². The van der Waals surface area contributed by atoms with Crippen LogP contribution < -0.4 is 9.47 Å². The Hall–Kier alpha value is -1.71. The SMILES string of the molecule is COc1ccc(CC(O)c2ccc(Cl)c(OC)c2)cc1. The molecular weight excluding hydrogens is 276 g/mol. The van der Waals surface area contributed by atoms with Crippen LogP contribution in [0.5, 0.6) is 11.5 Å². The minimum Gasteiger partial charge on any atom is -0.497 e. The molecule has 0 fully saturated rings. The number of benzene rings is 2. The van der Waals surface area contributed by atoms with Crippen LogP contribution >= 0.6 is 11.6 Å². The molecule has 20 heavy (non-hydrogen) atoms. The van der Waals surface area contributed by atoms with E-state index in [0.717, 1.165) is 16.9 Å². The molecule has 1 atom stereocenters. The Kier molecular flexibility index (Phi) is 4.88. The van der Waals surface area contributed by atoms with Crippen LogP contribution in [-0.4, -0.2) is 19.3 Å². The van der Waals surface area contributed by atoms with Gasteiger partial charge in [-0.1, -0.05) is 29.8 Å². The maximum absolute atomic E-state index is 10.3. The van der Waals surface area contributed by atoms with Gasteiger partial charge in [-0.05, 0) is 35.4 Å². The van der Waals surface area contributed by atoms with Crippen LogP contribution in [0.4, 0.5) is 0 Å². The maximum atomic E-state index is 10.3. The molecular formula is C16H17ClO3. The summed E-state index contributed by atoms with van der Waals surface area (Å²) in [5.74, 6) is 1.37. The number of methoxy groups -OCH3 is 2. The van der Waals surface area contributed by atoms with Gasteiger partial charge >= 0.3 is 0 Å². The third-order valence-corrected chi connectivity index (χ3v) is 3.46. The summed E-state index contributed by atoms with van der Waals surface area (Å²) in [6.45, 7) is 0. The molecule has 0 bridgehead atoms. The molecule has 0 aromatic heterocycles. The molecule has 0 saturated carbocycles. The van der Waals surface area contributed by atoms with Crippen molar-refractivity contribution in [1.82, 2.24) is 0 Å². The second kappa shape index (κ2) is 6.64. The molecule has 1 N–H and O–H groups in total. The highest BCUT2D eigenvalue weighted by molar-refractivity contribution is 6.32. The molecule has 1 unspecified atom stereocenters. The van der Waals surface area contributed by atoms with E-state index in [9.17, 15) is 5.11 Å². The van der Waals surface area contributed by atoms with Gasteiger partial charge in [0.2, 0.25) is 0 Å². The van der Waals surface area contributed by atoms with Crippen molar-refractivity contribution in [2.24, 2.45) is 0 Å². The van der Waals surface area contributed by atoms with Gasteiger partial charge in [0.15, 0.2) is 0 Å². The predicted molar refractivity (Wildman–Crippen MR) is 79.7 cm³/mol. The zero-order chi connectivity index (χ0) is 14.5. The van der Waals surface area contributed by atoms with Gasteiger partial charge < -0.3 is 14.6 Å². The van der Waals surface area contributed by atoms with E-state index in [2.05, 4.69) is 0 Å². The Balaban J connectivity index is 2.12. The summed E-state index contributed by atoms with van der Waals surface area (Å²) in [6.07, 6.45) is -0.0797. The standard InChI is InChI=1S/C16H17ClO3/c1-19-13-6-3-11(4-7-13)9-15(18)12-5-8-14(17)16(10-12)20-2/h3-8,10,15,18H,9H2,1-2H3. The van der Waals surface area contributed by atoms with Gasteiger partial charge in [-0.3, -0.25) is 0 Å². The summed E-state index contributed by atoms with van der Waals surface area (Å²) < 4.78 is 10.3. The lowest BCUT2D eigenvalue weighted by Gasteiger charge is -2.13. The molecule has 0 heterocycles. The van der Waals surface area contributed by atoms with Crippen molar-refractivity contribution in [3.8, 4) is 11.5 Å². The summed E-state index contributed by atoms with van der Waals surface area (Å²) >= 11 is 5.97. The quantitative estimate of drug-likeness (QED) is 0.914. The van der Waals surface area contributed by atoms with E-state index in [-0.39, 0.29) is 0 Å². The van der Waals surface area contributed by atoms with Crippen molar-refractivity contribution in [2.75, 3.05) is 14.2 Å². The molecule has 0 saturated heterocycles. The van der Waals surface area contributed by atoms with Crippen molar-refractivity contribution in [2.45, 2.75) is 12.5 Å². The number of aliphatic hydroxyl groups is 1. The Bertz CT molecular complexity index is 566. The minimum atomic E-state index is -0.602. The summed E-state index contributed by atoms with van der Waals surface area (Å²) in [7, 11) is 3.19. The van der Waals surface area contributed by atoms with Crippen LogP contribution in [0, 0.1) is 0 Å². The number of hydrogen-bond donors (Lipinski definition) is 1. The van der Waals surface area contributed by atoms with Crippen molar-refractivity contribution in [1.29, 1.82) is 0 Å². The number of aliphatic hydroxyl groups excluding tert-OH is 1. The van der Waals surface area contributed by atoms with E-state index < -0.39 is 6.10 Å². The number of rotatable bonds is 5. The van der Waals surface area contributed by atoms with Gasteiger partial charge in [-0.2, -0.15) is 0 Å². The number of ether oxygens (including phenoxy) is 2. The molecule has 0 aliphatic rings. The average Bonchev–Trinajstić information content (AvgIpc) is 2.48. The Labute approximate surface area is 123 Å². The highest BCUT2D eigenvalue weighted by Gasteiger charge is 2.11. The van der Waals surface area contributed by atoms with Crippen molar-refractivity contribution in [3.63, 3.8) is 0 Å². The van der Waals surface area contributed by atoms with Crippen molar-refractivity contribution < 1.29 is 14.6 Å². The summed E-state index contributed by atoms with van der Waals surface area (Å²) in [5.41, 5.74) is 1.81. The van der Waals surface area contributed by atoms with E-state index in [1.165, 1.54) is 0 Å². The number of halogens is 1. The highest BCUT2D eigenvalue weighted by atomic mass is 35.5. The largest absolute Gasteiger partial charge is 0.497 e.